The molecule has 2 aromatic rings. The summed E-state index contributed by atoms with van der Waals surface area (Å²) < 4.78 is 2.50. The highest BCUT2D eigenvalue weighted by Crippen LogP contribution is 2.22. The second kappa shape index (κ2) is 5.81. The molecule has 0 fully saturated rings. The van der Waals surface area contributed by atoms with Crippen molar-refractivity contribution in [1.29, 1.82) is 5.26 Å². The largest absolute Gasteiger partial charge is 0.351 e. The smallest absolute Gasteiger partial charge is 0.102 e. The number of aryl methyl sites for hydroxylation is 1. The Kier molecular flexibility index (Phi) is 4.14. The van der Waals surface area contributed by atoms with E-state index in [0.717, 1.165) is 11.1 Å². The molecule has 0 atom stereocenters. The first-order valence-electron chi connectivity index (χ1n) is 5.52. The zero-order chi connectivity index (χ0) is 13.0. The van der Waals surface area contributed by atoms with Crippen molar-refractivity contribution in [2.24, 2.45) is 0 Å². The lowest BCUT2D eigenvalue weighted by Crippen LogP contribution is -2.02. The average molecular weight is 275 g/mol. The van der Waals surface area contributed by atoms with Gasteiger partial charge in [-0.1, -0.05) is 42.5 Å². The minimum atomic E-state index is 0.501. The zero-order valence-corrected chi connectivity index (χ0v) is 11.2. The summed E-state index contributed by atoms with van der Waals surface area (Å²) in [5.41, 5.74) is 2.43. The topological polar surface area (TPSA) is 28.7 Å². The molecule has 0 amide bonds. The van der Waals surface area contributed by atoms with Crippen LogP contribution in [-0.2, 0) is 6.54 Å². The van der Waals surface area contributed by atoms with Crippen LogP contribution in [0.1, 0.15) is 5.56 Å². The van der Waals surface area contributed by atoms with Crippen molar-refractivity contribution in [3.8, 4) is 17.2 Å². The number of pyridine rings is 1. The van der Waals surface area contributed by atoms with E-state index in [0.29, 0.717) is 22.5 Å². The first-order valence-corrected chi connectivity index (χ1v) is 6.46. The molecule has 0 aliphatic carbocycles. The molecule has 0 N–H and O–H groups in total. The minimum absolute atomic E-state index is 0.501. The molecule has 0 aliphatic heterocycles. The van der Waals surface area contributed by atoms with E-state index in [-0.39, 0.29) is 0 Å². The van der Waals surface area contributed by atoms with Crippen LogP contribution in [0.25, 0.3) is 11.1 Å². The Labute approximate surface area is 116 Å². The van der Waals surface area contributed by atoms with Crippen LogP contribution in [0.5, 0.6) is 0 Å². The molecule has 2 rings (SSSR count). The second-order valence-electron chi connectivity index (χ2n) is 3.82. The number of rotatable bonds is 3. The van der Waals surface area contributed by atoms with E-state index in [2.05, 4.69) is 6.07 Å². The third kappa shape index (κ3) is 2.61. The van der Waals surface area contributed by atoms with Crippen LogP contribution in [0.15, 0.2) is 42.7 Å². The standard InChI is InChI=1S/C14H11ClN2S/c15-6-7-17-9-12(8-16)14(18)13(10-17)11-4-2-1-3-5-11/h1-5,9-10H,6-7H2. The third-order valence-electron chi connectivity index (χ3n) is 2.63. The molecule has 90 valence electrons. The highest BCUT2D eigenvalue weighted by Gasteiger charge is 2.06. The van der Waals surface area contributed by atoms with Gasteiger partial charge in [0, 0.05) is 30.4 Å². The summed E-state index contributed by atoms with van der Waals surface area (Å²) in [7, 11) is 0. The maximum absolute atomic E-state index is 9.12. The van der Waals surface area contributed by atoms with Gasteiger partial charge in [0.15, 0.2) is 0 Å². The third-order valence-corrected chi connectivity index (χ3v) is 3.24. The molecule has 0 aliphatic rings. The number of halogens is 1. The van der Waals surface area contributed by atoms with E-state index in [4.69, 9.17) is 29.1 Å². The van der Waals surface area contributed by atoms with E-state index in [1.807, 2.05) is 41.1 Å². The molecule has 18 heavy (non-hydrogen) atoms. The van der Waals surface area contributed by atoms with Gasteiger partial charge in [0.2, 0.25) is 0 Å². The Hall–Kier alpha value is -1.63. The Morgan fingerprint density at radius 3 is 2.56 bits per heavy atom. The zero-order valence-electron chi connectivity index (χ0n) is 9.64. The Morgan fingerprint density at radius 2 is 1.94 bits per heavy atom. The monoisotopic (exact) mass is 274 g/mol. The number of alkyl halides is 1. The predicted molar refractivity (Wildman–Crippen MR) is 76.1 cm³/mol. The number of aromatic nitrogens is 1. The summed E-state index contributed by atoms with van der Waals surface area (Å²) in [4.78, 5) is 0. The fraction of sp³-hybridized carbons (Fsp3) is 0.143. The summed E-state index contributed by atoms with van der Waals surface area (Å²) in [5.74, 6) is 0.501. The van der Waals surface area contributed by atoms with Crippen molar-refractivity contribution in [2.45, 2.75) is 6.54 Å². The van der Waals surface area contributed by atoms with Crippen molar-refractivity contribution in [3.63, 3.8) is 0 Å². The minimum Gasteiger partial charge on any atom is -0.351 e. The molecule has 1 aromatic carbocycles. The predicted octanol–water partition coefficient (Wildman–Crippen LogP) is 4.00. The average Bonchev–Trinajstić information content (AvgIpc) is 2.42. The molecule has 0 saturated heterocycles. The van der Waals surface area contributed by atoms with Gasteiger partial charge in [-0.05, 0) is 5.56 Å². The number of nitriles is 1. The van der Waals surface area contributed by atoms with Gasteiger partial charge in [-0.15, -0.1) is 11.6 Å². The van der Waals surface area contributed by atoms with Crippen molar-refractivity contribution in [2.75, 3.05) is 5.88 Å². The van der Waals surface area contributed by atoms with Gasteiger partial charge in [0.1, 0.15) is 6.07 Å². The van der Waals surface area contributed by atoms with Gasteiger partial charge < -0.3 is 4.57 Å². The molecule has 0 spiro atoms. The molecule has 0 radical (unpaired) electrons. The SMILES string of the molecule is N#Cc1cn(CCCl)cc(-c2ccccc2)c1=S. The maximum atomic E-state index is 9.12. The van der Waals surface area contributed by atoms with Crippen LogP contribution in [-0.4, -0.2) is 10.4 Å². The highest BCUT2D eigenvalue weighted by molar-refractivity contribution is 7.71. The summed E-state index contributed by atoms with van der Waals surface area (Å²) >= 11 is 11.1. The van der Waals surface area contributed by atoms with Crippen molar-refractivity contribution in [3.05, 3.63) is 52.8 Å². The lowest BCUT2D eigenvalue weighted by atomic mass is 10.1. The van der Waals surface area contributed by atoms with Gasteiger partial charge in [-0.2, -0.15) is 5.26 Å². The number of benzene rings is 1. The van der Waals surface area contributed by atoms with Crippen LogP contribution >= 0.6 is 23.8 Å². The summed E-state index contributed by atoms with van der Waals surface area (Å²) in [6.45, 7) is 0.658. The van der Waals surface area contributed by atoms with Gasteiger partial charge >= 0.3 is 0 Å². The molecular weight excluding hydrogens is 264 g/mol. The van der Waals surface area contributed by atoms with Gasteiger partial charge in [-0.25, -0.2) is 0 Å². The van der Waals surface area contributed by atoms with E-state index in [1.165, 1.54) is 0 Å². The quantitative estimate of drug-likeness (QED) is 0.625. The van der Waals surface area contributed by atoms with Crippen LogP contribution in [0.3, 0.4) is 0 Å². The van der Waals surface area contributed by atoms with Crippen molar-refractivity contribution >= 4 is 23.8 Å². The van der Waals surface area contributed by atoms with Crippen LogP contribution < -0.4 is 0 Å². The van der Waals surface area contributed by atoms with Gasteiger partial charge in [0.25, 0.3) is 0 Å². The lowest BCUT2D eigenvalue weighted by Gasteiger charge is -2.09. The molecule has 0 unspecified atom stereocenters. The second-order valence-corrected chi connectivity index (χ2v) is 4.61. The van der Waals surface area contributed by atoms with E-state index >= 15 is 0 Å². The Balaban J connectivity index is 2.63. The molecule has 0 saturated carbocycles. The first kappa shape index (κ1) is 12.8. The van der Waals surface area contributed by atoms with Crippen LogP contribution in [0.4, 0.5) is 0 Å². The molecule has 0 bridgehead atoms. The van der Waals surface area contributed by atoms with Crippen LogP contribution in [0, 0.1) is 15.8 Å². The molecule has 1 heterocycles. The molecular formula is C14H11ClN2S. The lowest BCUT2D eigenvalue weighted by molar-refractivity contribution is 0.760. The number of nitrogens with zero attached hydrogens (tertiary/aromatic N) is 2. The Bertz CT molecular complexity index is 641. The number of hydrogen-bond donors (Lipinski definition) is 0. The van der Waals surface area contributed by atoms with E-state index < -0.39 is 0 Å². The van der Waals surface area contributed by atoms with Crippen molar-refractivity contribution < 1.29 is 0 Å². The highest BCUT2D eigenvalue weighted by atomic mass is 35.5. The summed E-state index contributed by atoms with van der Waals surface area (Å²) in [6, 6.07) is 12.0. The normalized spacial score (nSPS) is 10.0. The molecule has 1 aromatic heterocycles. The van der Waals surface area contributed by atoms with Crippen LogP contribution in [0.2, 0.25) is 0 Å². The maximum Gasteiger partial charge on any atom is 0.102 e. The Morgan fingerprint density at radius 1 is 1.22 bits per heavy atom. The molecule has 4 heteroatoms. The van der Waals surface area contributed by atoms with E-state index in [1.54, 1.807) is 6.20 Å². The molecule has 2 nitrogen and oxygen atoms in total. The fourth-order valence-corrected chi connectivity index (χ4v) is 2.23. The van der Waals surface area contributed by atoms with Gasteiger partial charge in [0.05, 0.1) is 10.1 Å². The summed E-state index contributed by atoms with van der Waals surface area (Å²) in [6.07, 6.45) is 3.69. The first-order chi connectivity index (χ1) is 8.76. The van der Waals surface area contributed by atoms with E-state index in [9.17, 15) is 0 Å². The van der Waals surface area contributed by atoms with Gasteiger partial charge in [-0.3, -0.25) is 0 Å². The summed E-state index contributed by atoms with van der Waals surface area (Å²) in [5, 5.41) is 9.12. The fourth-order valence-electron chi connectivity index (χ4n) is 1.76. The van der Waals surface area contributed by atoms with Crippen molar-refractivity contribution in [1.82, 2.24) is 4.57 Å². The number of hydrogen-bond acceptors (Lipinski definition) is 2.